The largest absolute Gasteiger partial charge is 0.309 e. The molecule has 0 radical (unpaired) electrons. The van der Waals surface area contributed by atoms with Gasteiger partial charge >= 0.3 is 0 Å². The molecule has 0 amide bonds. The van der Waals surface area contributed by atoms with Gasteiger partial charge in [-0.1, -0.05) is 41.4 Å². The third-order valence-corrected chi connectivity index (χ3v) is 4.43. The van der Waals surface area contributed by atoms with Crippen LogP contribution in [0.5, 0.6) is 0 Å². The van der Waals surface area contributed by atoms with Crippen LogP contribution in [0, 0.1) is 6.92 Å². The number of hydrogen-bond donors (Lipinski definition) is 1. The Labute approximate surface area is 124 Å². The van der Waals surface area contributed by atoms with E-state index in [1.807, 2.05) is 6.07 Å². The summed E-state index contributed by atoms with van der Waals surface area (Å²) in [7, 11) is 0. The number of benzene rings is 1. The summed E-state index contributed by atoms with van der Waals surface area (Å²) in [5, 5.41) is 3.55. The molecule has 1 nitrogen and oxygen atoms in total. The molecule has 2 rings (SSSR count). The van der Waals surface area contributed by atoms with Gasteiger partial charge in [0.15, 0.2) is 0 Å². The minimum atomic E-state index is 0.515. The monoisotopic (exact) mass is 293 g/mol. The molecule has 1 heterocycles. The molecule has 0 aliphatic carbocycles. The van der Waals surface area contributed by atoms with E-state index in [1.165, 1.54) is 16.0 Å². The lowest BCUT2D eigenvalue weighted by molar-refractivity contribution is 0.516. The van der Waals surface area contributed by atoms with Crippen molar-refractivity contribution in [3.8, 4) is 0 Å². The SMILES string of the molecule is Cc1cccc(CCC(C)NCc2ccc(Cl)s2)c1. The summed E-state index contributed by atoms with van der Waals surface area (Å²) in [6.07, 6.45) is 2.28. The van der Waals surface area contributed by atoms with Crippen LogP contribution in [0.3, 0.4) is 0 Å². The average Bonchev–Trinajstić information content (AvgIpc) is 2.80. The van der Waals surface area contributed by atoms with Crippen molar-refractivity contribution in [1.82, 2.24) is 5.32 Å². The standard InChI is InChI=1S/C16H20ClNS/c1-12-4-3-5-14(10-12)7-6-13(2)18-11-15-8-9-16(17)19-15/h3-5,8-10,13,18H,6-7,11H2,1-2H3. The molecule has 0 fully saturated rings. The minimum absolute atomic E-state index is 0.515. The van der Waals surface area contributed by atoms with E-state index >= 15 is 0 Å². The summed E-state index contributed by atoms with van der Waals surface area (Å²) in [5.41, 5.74) is 2.76. The highest BCUT2D eigenvalue weighted by Crippen LogP contribution is 2.21. The van der Waals surface area contributed by atoms with Crippen LogP contribution in [0.2, 0.25) is 4.34 Å². The van der Waals surface area contributed by atoms with Crippen LogP contribution in [-0.4, -0.2) is 6.04 Å². The quantitative estimate of drug-likeness (QED) is 0.805. The fraction of sp³-hybridized carbons (Fsp3) is 0.375. The number of nitrogens with one attached hydrogen (secondary N) is 1. The molecule has 0 saturated heterocycles. The topological polar surface area (TPSA) is 12.0 Å². The maximum absolute atomic E-state index is 5.92. The minimum Gasteiger partial charge on any atom is -0.309 e. The maximum Gasteiger partial charge on any atom is 0.0931 e. The predicted octanol–water partition coefficient (Wildman–Crippen LogP) is 4.82. The van der Waals surface area contributed by atoms with E-state index in [0.717, 1.165) is 23.7 Å². The van der Waals surface area contributed by atoms with E-state index < -0.39 is 0 Å². The summed E-state index contributed by atoms with van der Waals surface area (Å²) < 4.78 is 0.865. The molecule has 1 aromatic carbocycles. The molecule has 0 aliphatic heterocycles. The first-order chi connectivity index (χ1) is 9.13. The third-order valence-electron chi connectivity index (χ3n) is 3.20. The average molecular weight is 294 g/mol. The Hall–Kier alpha value is -0.830. The highest BCUT2D eigenvalue weighted by atomic mass is 35.5. The molecule has 1 aromatic heterocycles. The molecule has 0 saturated carbocycles. The van der Waals surface area contributed by atoms with Crippen LogP contribution in [0.4, 0.5) is 0 Å². The van der Waals surface area contributed by atoms with Gasteiger partial charge in [-0.05, 0) is 44.4 Å². The number of aryl methyl sites for hydroxylation is 2. The van der Waals surface area contributed by atoms with E-state index in [1.54, 1.807) is 11.3 Å². The zero-order chi connectivity index (χ0) is 13.7. The summed E-state index contributed by atoms with van der Waals surface area (Å²) in [4.78, 5) is 1.30. The van der Waals surface area contributed by atoms with Crippen molar-refractivity contribution in [3.05, 3.63) is 56.7 Å². The Morgan fingerprint density at radius 2 is 2.11 bits per heavy atom. The molecule has 102 valence electrons. The highest BCUT2D eigenvalue weighted by Gasteiger charge is 2.04. The number of thiophene rings is 1. The van der Waals surface area contributed by atoms with Crippen molar-refractivity contribution in [2.24, 2.45) is 0 Å². The smallest absolute Gasteiger partial charge is 0.0931 e. The molecule has 0 aliphatic rings. The van der Waals surface area contributed by atoms with E-state index in [4.69, 9.17) is 11.6 Å². The maximum atomic E-state index is 5.92. The van der Waals surface area contributed by atoms with Crippen molar-refractivity contribution in [2.45, 2.75) is 39.3 Å². The number of rotatable bonds is 6. The second-order valence-corrected chi connectivity index (χ2v) is 6.82. The molecule has 0 bridgehead atoms. The zero-order valence-electron chi connectivity index (χ0n) is 11.4. The Bertz CT molecular complexity index is 521. The first kappa shape index (κ1) is 14.6. The van der Waals surface area contributed by atoms with Crippen molar-refractivity contribution < 1.29 is 0 Å². The molecule has 2 aromatic rings. The first-order valence-electron chi connectivity index (χ1n) is 6.66. The van der Waals surface area contributed by atoms with E-state index in [0.29, 0.717) is 6.04 Å². The van der Waals surface area contributed by atoms with Gasteiger partial charge in [0.25, 0.3) is 0 Å². The van der Waals surface area contributed by atoms with Crippen LogP contribution < -0.4 is 5.32 Å². The Morgan fingerprint density at radius 3 is 2.79 bits per heavy atom. The van der Waals surface area contributed by atoms with Crippen LogP contribution in [0.1, 0.15) is 29.3 Å². The van der Waals surface area contributed by atoms with E-state index in [2.05, 4.69) is 49.5 Å². The van der Waals surface area contributed by atoms with E-state index in [9.17, 15) is 0 Å². The molecule has 0 spiro atoms. The van der Waals surface area contributed by atoms with Gasteiger partial charge in [0, 0.05) is 17.5 Å². The molecule has 1 N–H and O–H groups in total. The second-order valence-electron chi connectivity index (χ2n) is 5.02. The Kier molecular flexibility index (Phi) is 5.44. The van der Waals surface area contributed by atoms with Gasteiger partial charge in [0.05, 0.1) is 4.34 Å². The molecule has 1 unspecified atom stereocenters. The van der Waals surface area contributed by atoms with Crippen molar-refractivity contribution >= 4 is 22.9 Å². The van der Waals surface area contributed by atoms with Gasteiger partial charge in [-0.2, -0.15) is 0 Å². The summed E-state index contributed by atoms with van der Waals surface area (Å²) in [6.45, 7) is 5.29. The number of halogens is 1. The molecular weight excluding hydrogens is 274 g/mol. The fourth-order valence-corrected chi connectivity index (χ4v) is 3.11. The van der Waals surface area contributed by atoms with Crippen molar-refractivity contribution in [3.63, 3.8) is 0 Å². The fourth-order valence-electron chi connectivity index (χ4n) is 2.07. The third kappa shape index (κ3) is 4.98. The van der Waals surface area contributed by atoms with E-state index in [-0.39, 0.29) is 0 Å². The zero-order valence-corrected chi connectivity index (χ0v) is 13.0. The highest BCUT2D eigenvalue weighted by molar-refractivity contribution is 7.16. The van der Waals surface area contributed by atoms with Crippen LogP contribution in [0.25, 0.3) is 0 Å². The van der Waals surface area contributed by atoms with Crippen LogP contribution >= 0.6 is 22.9 Å². The van der Waals surface area contributed by atoms with Crippen LogP contribution in [-0.2, 0) is 13.0 Å². The molecular formula is C16H20ClNS. The summed E-state index contributed by atoms with van der Waals surface area (Å²) in [5.74, 6) is 0. The number of hydrogen-bond acceptors (Lipinski definition) is 2. The van der Waals surface area contributed by atoms with Gasteiger partial charge in [-0.25, -0.2) is 0 Å². The van der Waals surface area contributed by atoms with Gasteiger partial charge in [-0.15, -0.1) is 11.3 Å². The van der Waals surface area contributed by atoms with Gasteiger partial charge in [-0.3, -0.25) is 0 Å². The lowest BCUT2D eigenvalue weighted by Gasteiger charge is -2.13. The second kappa shape index (κ2) is 7.09. The van der Waals surface area contributed by atoms with Crippen molar-refractivity contribution in [1.29, 1.82) is 0 Å². The van der Waals surface area contributed by atoms with Gasteiger partial charge in [0.2, 0.25) is 0 Å². The van der Waals surface area contributed by atoms with Gasteiger partial charge in [0.1, 0.15) is 0 Å². The normalized spacial score (nSPS) is 12.6. The molecule has 19 heavy (non-hydrogen) atoms. The lowest BCUT2D eigenvalue weighted by atomic mass is 10.0. The summed E-state index contributed by atoms with van der Waals surface area (Å²) >= 11 is 7.57. The van der Waals surface area contributed by atoms with Crippen molar-refractivity contribution in [2.75, 3.05) is 0 Å². The van der Waals surface area contributed by atoms with Gasteiger partial charge < -0.3 is 5.32 Å². The molecule has 3 heteroatoms. The Balaban J connectivity index is 1.74. The lowest BCUT2D eigenvalue weighted by Crippen LogP contribution is -2.25. The first-order valence-corrected chi connectivity index (χ1v) is 7.86. The summed E-state index contributed by atoms with van der Waals surface area (Å²) in [6, 6.07) is 13.3. The van der Waals surface area contributed by atoms with Crippen LogP contribution in [0.15, 0.2) is 36.4 Å². The predicted molar refractivity (Wildman–Crippen MR) is 85.1 cm³/mol. The molecule has 1 atom stereocenters. The Morgan fingerprint density at radius 1 is 1.26 bits per heavy atom.